The number of anilines is 2. The molecule has 4 N–H and O–H groups in total. The van der Waals surface area contributed by atoms with E-state index in [1.165, 1.54) is 0 Å². The molecule has 0 saturated carbocycles. The highest BCUT2D eigenvalue weighted by molar-refractivity contribution is 5.94. The number of aromatic nitrogens is 2. The Kier molecular flexibility index (Phi) is 3.12. The lowest BCUT2D eigenvalue weighted by Crippen LogP contribution is -2.05. The van der Waals surface area contributed by atoms with Crippen molar-refractivity contribution in [1.29, 1.82) is 0 Å². The molecule has 0 aliphatic carbocycles. The van der Waals surface area contributed by atoms with E-state index in [1.807, 2.05) is 18.2 Å². The lowest BCUT2D eigenvalue weighted by Gasteiger charge is -2.07. The molecular weight excluding hydrogens is 256 g/mol. The van der Waals surface area contributed by atoms with Crippen LogP contribution in [0.15, 0.2) is 41.0 Å². The van der Waals surface area contributed by atoms with Crippen molar-refractivity contribution in [3.8, 4) is 5.75 Å². The Hall–Kier alpha value is -2.76. The van der Waals surface area contributed by atoms with Gasteiger partial charge in [-0.3, -0.25) is 0 Å². The summed E-state index contributed by atoms with van der Waals surface area (Å²) < 4.78 is 4.72. The summed E-state index contributed by atoms with van der Waals surface area (Å²) in [5, 5.41) is 20.1. The number of nitrogens with one attached hydrogen (secondary N) is 1. The Bertz CT molecular complexity index is 722. The molecule has 20 heavy (non-hydrogen) atoms. The number of nitrogens with two attached hydrogens (primary N) is 1. The molecule has 0 fully saturated rings. The van der Waals surface area contributed by atoms with Gasteiger partial charge >= 0.3 is 0 Å². The third-order valence-electron chi connectivity index (χ3n) is 3.11. The van der Waals surface area contributed by atoms with Crippen LogP contribution in [-0.4, -0.2) is 22.0 Å². The van der Waals surface area contributed by atoms with Gasteiger partial charge in [0.1, 0.15) is 5.75 Å². The van der Waals surface area contributed by atoms with E-state index in [-0.39, 0.29) is 5.75 Å². The Labute approximate surface area is 115 Å². The smallest absolute Gasteiger partial charge is 0.160 e. The predicted molar refractivity (Wildman–Crippen MR) is 76.5 cm³/mol. The molecule has 0 aliphatic rings. The van der Waals surface area contributed by atoms with Gasteiger partial charge in [-0.25, -0.2) is 4.63 Å². The van der Waals surface area contributed by atoms with Crippen LogP contribution in [-0.2, 0) is 6.42 Å². The second-order valence-electron chi connectivity index (χ2n) is 4.51. The monoisotopic (exact) mass is 270 g/mol. The minimum Gasteiger partial charge on any atom is -0.508 e. The first-order chi connectivity index (χ1) is 9.74. The van der Waals surface area contributed by atoms with Crippen LogP contribution in [0.1, 0.15) is 5.56 Å². The Morgan fingerprint density at radius 2 is 1.80 bits per heavy atom. The highest BCUT2D eigenvalue weighted by Crippen LogP contribution is 2.25. The quantitative estimate of drug-likeness (QED) is 0.628. The lowest BCUT2D eigenvalue weighted by atomic mass is 10.1. The van der Waals surface area contributed by atoms with E-state index in [4.69, 9.17) is 10.4 Å². The first-order valence-electron chi connectivity index (χ1n) is 6.26. The fourth-order valence-corrected chi connectivity index (χ4v) is 2.03. The number of rotatable bonds is 4. The molecule has 1 aromatic heterocycles. The number of fused-ring (bicyclic) bond motifs is 1. The van der Waals surface area contributed by atoms with Gasteiger partial charge in [0.25, 0.3) is 0 Å². The number of benzene rings is 2. The summed E-state index contributed by atoms with van der Waals surface area (Å²) in [5.74, 6) is 0.274. The molecule has 2 aromatic carbocycles. The van der Waals surface area contributed by atoms with E-state index in [0.29, 0.717) is 16.7 Å². The van der Waals surface area contributed by atoms with Gasteiger partial charge in [0, 0.05) is 6.54 Å². The molecule has 0 amide bonds. The van der Waals surface area contributed by atoms with Crippen molar-refractivity contribution in [3.63, 3.8) is 0 Å². The molecule has 6 nitrogen and oxygen atoms in total. The maximum Gasteiger partial charge on any atom is 0.160 e. The molecule has 1 heterocycles. The summed E-state index contributed by atoms with van der Waals surface area (Å²) in [7, 11) is 0. The number of phenols is 1. The minimum absolute atomic E-state index is 0.274. The fourth-order valence-electron chi connectivity index (χ4n) is 2.03. The van der Waals surface area contributed by atoms with E-state index in [0.717, 1.165) is 24.2 Å². The molecule has 0 unspecified atom stereocenters. The zero-order chi connectivity index (χ0) is 13.9. The van der Waals surface area contributed by atoms with E-state index >= 15 is 0 Å². The third-order valence-corrected chi connectivity index (χ3v) is 3.11. The molecule has 102 valence electrons. The van der Waals surface area contributed by atoms with Crippen LogP contribution in [0.4, 0.5) is 11.4 Å². The first kappa shape index (κ1) is 12.3. The van der Waals surface area contributed by atoms with Crippen molar-refractivity contribution in [2.45, 2.75) is 6.42 Å². The molecule has 6 heteroatoms. The Balaban J connectivity index is 1.70. The van der Waals surface area contributed by atoms with Gasteiger partial charge in [0.05, 0.1) is 11.4 Å². The van der Waals surface area contributed by atoms with Crippen molar-refractivity contribution in [2.24, 2.45) is 0 Å². The van der Waals surface area contributed by atoms with Gasteiger partial charge in [-0.05, 0) is 46.6 Å². The van der Waals surface area contributed by atoms with Crippen LogP contribution in [0.25, 0.3) is 11.0 Å². The SMILES string of the molecule is Nc1ccc(NCCc2ccc(O)cc2)c2nonc12. The Morgan fingerprint density at radius 1 is 1.05 bits per heavy atom. The minimum atomic E-state index is 0.274. The van der Waals surface area contributed by atoms with Gasteiger partial charge in [-0.1, -0.05) is 12.1 Å². The topological polar surface area (TPSA) is 97.2 Å². The fraction of sp³-hybridized carbons (Fsp3) is 0.143. The number of phenolic OH excluding ortho intramolecular Hbond substituents is 1. The van der Waals surface area contributed by atoms with Gasteiger partial charge in [-0.2, -0.15) is 0 Å². The standard InChI is InChI=1S/C14H14N4O2/c15-11-5-6-12(14-13(11)17-20-18-14)16-8-7-9-1-3-10(19)4-2-9/h1-6,16,19H,7-8,15H2. The van der Waals surface area contributed by atoms with Crippen molar-refractivity contribution in [2.75, 3.05) is 17.6 Å². The molecule has 0 radical (unpaired) electrons. The second-order valence-corrected chi connectivity index (χ2v) is 4.51. The summed E-state index contributed by atoms with van der Waals surface area (Å²) >= 11 is 0. The third kappa shape index (κ3) is 2.35. The maximum absolute atomic E-state index is 9.23. The lowest BCUT2D eigenvalue weighted by molar-refractivity contribution is 0.316. The molecular formula is C14H14N4O2. The highest BCUT2D eigenvalue weighted by atomic mass is 16.6. The normalized spacial score (nSPS) is 10.8. The Morgan fingerprint density at radius 3 is 2.60 bits per heavy atom. The molecule has 0 bridgehead atoms. The van der Waals surface area contributed by atoms with E-state index in [2.05, 4.69) is 15.6 Å². The number of nitrogen functional groups attached to an aromatic ring is 1. The number of hydrogen-bond acceptors (Lipinski definition) is 6. The summed E-state index contributed by atoms with van der Waals surface area (Å²) in [6, 6.07) is 10.8. The predicted octanol–water partition coefficient (Wildman–Crippen LogP) is 2.17. The number of aromatic hydroxyl groups is 1. The second kappa shape index (κ2) is 5.08. The molecule has 0 atom stereocenters. The zero-order valence-corrected chi connectivity index (χ0v) is 10.7. The van der Waals surface area contributed by atoms with Crippen LogP contribution >= 0.6 is 0 Å². The maximum atomic E-state index is 9.23. The van der Waals surface area contributed by atoms with Crippen LogP contribution in [0.3, 0.4) is 0 Å². The zero-order valence-electron chi connectivity index (χ0n) is 10.7. The van der Waals surface area contributed by atoms with Crippen LogP contribution in [0.5, 0.6) is 5.75 Å². The molecule has 0 aliphatic heterocycles. The number of nitrogens with zero attached hydrogens (tertiary/aromatic N) is 2. The van der Waals surface area contributed by atoms with Crippen LogP contribution < -0.4 is 11.1 Å². The van der Waals surface area contributed by atoms with Gasteiger partial charge in [0.2, 0.25) is 0 Å². The van der Waals surface area contributed by atoms with Crippen molar-refractivity contribution < 1.29 is 9.74 Å². The van der Waals surface area contributed by atoms with Crippen molar-refractivity contribution >= 4 is 22.4 Å². The average molecular weight is 270 g/mol. The number of hydrogen-bond donors (Lipinski definition) is 3. The average Bonchev–Trinajstić information content (AvgIpc) is 2.94. The largest absolute Gasteiger partial charge is 0.508 e. The summed E-state index contributed by atoms with van der Waals surface area (Å²) in [5.41, 5.74) is 9.52. The van der Waals surface area contributed by atoms with E-state index in [9.17, 15) is 5.11 Å². The first-order valence-corrected chi connectivity index (χ1v) is 6.26. The summed E-state index contributed by atoms with van der Waals surface area (Å²) in [6.45, 7) is 0.733. The van der Waals surface area contributed by atoms with Crippen molar-refractivity contribution in [1.82, 2.24) is 10.3 Å². The van der Waals surface area contributed by atoms with Crippen molar-refractivity contribution in [3.05, 3.63) is 42.0 Å². The molecule has 3 rings (SSSR count). The highest BCUT2D eigenvalue weighted by Gasteiger charge is 2.09. The molecule has 0 spiro atoms. The van der Waals surface area contributed by atoms with Gasteiger partial charge < -0.3 is 16.2 Å². The summed E-state index contributed by atoms with van der Waals surface area (Å²) in [6.07, 6.45) is 0.831. The van der Waals surface area contributed by atoms with Crippen LogP contribution in [0, 0.1) is 0 Å². The van der Waals surface area contributed by atoms with Gasteiger partial charge in [-0.15, -0.1) is 0 Å². The summed E-state index contributed by atoms with van der Waals surface area (Å²) in [4.78, 5) is 0. The van der Waals surface area contributed by atoms with Crippen LogP contribution in [0.2, 0.25) is 0 Å². The van der Waals surface area contributed by atoms with Gasteiger partial charge in [0.15, 0.2) is 11.0 Å². The van der Waals surface area contributed by atoms with E-state index < -0.39 is 0 Å². The molecule has 3 aromatic rings. The molecule has 0 saturated heterocycles. The van der Waals surface area contributed by atoms with E-state index in [1.54, 1.807) is 18.2 Å².